The van der Waals surface area contributed by atoms with E-state index in [4.69, 9.17) is 5.73 Å². The van der Waals surface area contributed by atoms with E-state index in [0.29, 0.717) is 0 Å². The molecule has 0 amide bonds. The molecule has 0 saturated heterocycles. The molecular formula is C11H17N5. The van der Waals surface area contributed by atoms with Crippen LogP contribution in [0.2, 0.25) is 0 Å². The number of rotatable bonds is 3. The van der Waals surface area contributed by atoms with E-state index in [1.54, 1.807) is 6.33 Å². The first-order valence-electron chi connectivity index (χ1n) is 5.41. The largest absolute Gasteiger partial charge is 0.326 e. The number of hydrogen-bond donors (Lipinski definition) is 1. The SMILES string of the molecule is Cc1cc2nnc(CCC(C)(C)N)n2cn1. The van der Waals surface area contributed by atoms with E-state index in [0.717, 1.165) is 30.0 Å². The van der Waals surface area contributed by atoms with Crippen molar-refractivity contribution in [2.45, 2.75) is 39.2 Å². The van der Waals surface area contributed by atoms with Crippen LogP contribution in [-0.2, 0) is 6.42 Å². The second kappa shape index (κ2) is 3.83. The Morgan fingerprint density at radius 2 is 2.12 bits per heavy atom. The van der Waals surface area contributed by atoms with Crippen LogP contribution >= 0.6 is 0 Å². The smallest absolute Gasteiger partial charge is 0.163 e. The lowest BCUT2D eigenvalue weighted by atomic mass is 10.00. The summed E-state index contributed by atoms with van der Waals surface area (Å²) in [5.41, 5.74) is 7.56. The molecule has 2 aromatic rings. The Morgan fingerprint density at radius 3 is 2.81 bits per heavy atom. The van der Waals surface area contributed by atoms with Crippen molar-refractivity contribution in [1.29, 1.82) is 0 Å². The second-order valence-electron chi connectivity index (χ2n) is 4.86. The molecule has 0 atom stereocenters. The molecule has 0 spiro atoms. The second-order valence-corrected chi connectivity index (χ2v) is 4.86. The van der Waals surface area contributed by atoms with E-state index in [9.17, 15) is 0 Å². The molecule has 0 bridgehead atoms. The highest BCUT2D eigenvalue weighted by Gasteiger charge is 2.13. The third-order valence-corrected chi connectivity index (χ3v) is 2.50. The van der Waals surface area contributed by atoms with Crippen molar-refractivity contribution in [3.63, 3.8) is 0 Å². The van der Waals surface area contributed by atoms with Crippen molar-refractivity contribution in [2.75, 3.05) is 0 Å². The van der Waals surface area contributed by atoms with Crippen LogP contribution in [-0.4, -0.2) is 25.1 Å². The maximum Gasteiger partial charge on any atom is 0.163 e. The maximum atomic E-state index is 5.95. The summed E-state index contributed by atoms with van der Waals surface area (Å²) in [7, 11) is 0. The van der Waals surface area contributed by atoms with E-state index in [1.165, 1.54) is 0 Å². The number of aromatic nitrogens is 4. The number of nitrogens with zero attached hydrogens (tertiary/aromatic N) is 4. The molecule has 86 valence electrons. The van der Waals surface area contributed by atoms with Gasteiger partial charge in [-0.05, 0) is 27.2 Å². The van der Waals surface area contributed by atoms with Crippen molar-refractivity contribution < 1.29 is 0 Å². The average Bonchev–Trinajstić information content (AvgIpc) is 2.56. The summed E-state index contributed by atoms with van der Waals surface area (Å²) in [6.07, 6.45) is 3.46. The Bertz CT molecular complexity index is 495. The summed E-state index contributed by atoms with van der Waals surface area (Å²) >= 11 is 0. The predicted octanol–water partition coefficient (Wildman–Crippen LogP) is 1.10. The molecule has 2 aromatic heterocycles. The zero-order valence-corrected chi connectivity index (χ0v) is 9.94. The van der Waals surface area contributed by atoms with Crippen molar-refractivity contribution in [2.24, 2.45) is 5.73 Å². The van der Waals surface area contributed by atoms with Crippen LogP contribution in [0.4, 0.5) is 0 Å². The lowest BCUT2D eigenvalue weighted by molar-refractivity contribution is 0.470. The van der Waals surface area contributed by atoms with E-state index in [2.05, 4.69) is 15.2 Å². The normalized spacial score (nSPS) is 12.2. The summed E-state index contributed by atoms with van der Waals surface area (Å²) in [5.74, 6) is 0.918. The van der Waals surface area contributed by atoms with Crippen molar-refractivity contribution in [3.8, 4) is 0 Å². The number of aryl methyl sites for hydroxylation is 2. The molecule has 2 N–H and O–H groups in total. The minimum absolute atomic E-state index is 0.177. The molecule has 0 radical (unpaired) electrons. The average molecular weight is 219 g/mol. The molecule has 2 rings (SSSR count). The van der Waals surface area contributed by atoms with Crippen LogP contribution in [0.5, 0.6) is 0 Å². The van der Waals surface area contributed by atoms with Crippen LogP contribution in [0.3, 0.4) is 0 Å². The highest BCUT2D eigenvalue weighted by molar-refractivity contribution is 5.37. The fraction of sp³-hybridized carbons (Fsp3) is 0.545. The lowest BCUT2D eigenvalue weighted by Crippen LogP contribution is -2.32. The zero-order valence-electron chi connectivity index (χ0n) is 9.94. The third-order valence-electron chi connectivity index (χ3n) is 2.50. The molecule has 0 saturated carbocycles. The highest BCUT2D eigenvalue weighted by Crippen LogP contribution is 2.11. The van der Waals surface area contributed by atoms with Gasteiger partial charge >= 0.3 is 0 Å². The van der Waals surface area contributed by atoms with Crippen molar-refractivity contribution in [1.82, 2.24) is 19.6 Å². The predicted molar refractivity (Wildman–Crippen MR) is 62.1 cm³/mol. The van der Waals surface area contributed by atoms with Gasteiger partial charge in [-0.25, -0.2) is 4.98 Å². The Labute approximate surface area is 94.7 Å². The van der Waals surface area contributed by atoms with Gasteiger partial charge in [0.25, 0.3) is 0 Å². The summed E-state index contributed by atoms with van der Waals surface area (Å²) < 4.78 is 1.92. The van der Waals surface area contributed by atoms with Crippen LogP contribution in [0.1, 0.15) is 31.8 Å². The van der Waals surface area contributed by atoms with Gasteiger partial charge in [-0.1, -0.05) is 0 Å². The molecule has 16 heavy (non-hydrogen) atoms. The molecule has 0 aliphatic carbocycles. The van der Waals surface area contributed by atoms with Crippen LogP contribution in [0, 0.1) is 6.92 Å². The Balaban J connectivity index is 2.25. The van der Waals surface area contributed by atoms with E-state index < -0.39 is 0 Å². The first-order chi connectivity index (χ1) is 7.46. The minimum Gasteiger partial charge on any atom is -0.326 e. The van der Waals surface area contributed by atoms with Gasteiger partial charge in [0.1, 0.15) is 12.2 Å². The van der Waals surface area contributed by atoms with E-state index >= 15 is 0 Å². The van der Waals surface area contributed by atoms with Gasteiger partial charge in [-0.15, -0.1) is 10.2 Å². The summed E-state index contributed by atoms with van der Waals surface area (Å²) in [6, 6.07) is 1.92. The van der Waals surface area contributed by atoms with Crippen molar-refractivity contribution in [3.05, 3.63) is 23.9 Å². The van der Waals surface area contributed by atoms with Crippen LogP contribution in [0.15, 0.2) is 12.4 Å². The number of nitrogens with two attached hydrogens (primary N) is 1. The Hall–Kier alpha value is -1.49. The lowest BCUT2D eigenvalue weighted by Gasteiger charge is -2.16. The van der Waals surface area contributed by atoms with Gasteiger partial charge in [0, 0.05) is 23.7 Å². The minimum atomic E-state index is -0.177. The first-order valence-corrected chi connectivity index (χ1v) is 5.41. The molecule has 0 aliphatic rings. The van der Waals surface area contributed by atoms with Gasteiger partial charge in [0.05, 0.1) is 0 Å². The third kappa shape index (κ3) is 2.36. The summed E-state index contributed by atoms with van der Waals surface area (Å²) in [5, 5.41) is 8.27. The topological polar surface area (TPSA) is 69.1 Å². The molecule has 0 aromatic carbocycles. The Morgan fingerprint density at radius 1 is 1.38 bits per heavy atom. The highest BCUT2D eigenvalue weighted by atomic mass is 15.3. The molecule has 0 aliphatic heterocycles. The van der Waals surface area contributed by atoms with E-state index in [-0.39, 0.29) is 5.54 Å². The molecule has 5 nitrogen and oxygen atoms in total. The van der Waals surface area contributed by atoms with Crippen molar-refractivity contribution >= 4 is 5.65 Å². The van der Waals surface area contributed by atoms with Crippen LogP contribution in [0.25, 0.3) is 5.65 Å². The van der Waals surface area contributed by atoms with Gasteiger partial charge in [0.15, 0.2) is 5.65 Å². The zero-order chi connectivity index (χ0) is 11.8. The van der Waals surface area contributed by atoms with E-state index in [1.807, 2.05) is 31.2 Å². The molecule has 0 fully saturated rings. The molecular weight excluding hydrogens is 202 g/mol. The maximum absolute atomic E-state index is 5.95. The quantitative estimate of drug-likeness (QED) is 0.839. The van der Waals surface area contributed by atoms with Gasteiger partial charge in [-0.2, -0.15) is 0 Å². The number of fused-ring (bicyclic) bond motifs is 1. The fourth-order valence-corrected chi connectivity index (χ4v) is 1.54. The monoisotopic (exact) mass is 219 g/mol. The summed E-state index contributed by atoms with van der Waals surface area (Å²) in [6.45, 7) is 5.97. The molecule has 5 heteroatoms. The standard InChI is InChI=1S/C11H17N5/c1-8-6-10-15-14-9(16(10)7-13-8)4-5-11(2,3)12/h6-7H,4-5,12H2,1-3H3. The molecule has 2 heterocycles. The Kier molecular flexibility index (Phi) is 2.63. The van der Waals surface area contributed by atoms with Crippen LogP contribution < -0.4 is 5.73 Å². The first kappa shape index (κ1) is 11.0. The van der Waals surface area contributed by atoms with Gasteiger partial charge in [-0.3, -0.25) is 4.40 Å². The van der Waals surface area contributed by atoms with Gasteiger partial charge in [0.2, 0.25) is 0 Å². The van der Waals surface area contributed by atoms with Gasteiger partial charge < -0.3 is 5.73 Å². The summed E-state index contributed by atoms with van der Waals surface area (Å²) in [4.78, 5) is 4.24. The molecule has 0 unspecified atom stereocenters. The number of hydrogen-bond acceptors (Lipinski definition) is 4. The fourth-order valence-electron chi connectivity index (χ4n) is 1.54.